The Morgan fingerprint density at radius 2 is 1.64 bits per heavy atom. The van der Waals surface area contributed by atoms with E-state index < -0.39 is 36.3 Å². The van der Waals surface area contributed by atoms with Gasteiger partial charge in [0.25, 0.3) is 11.8 Å². The molecule has 4 rings (SSSR count). The van der Waals surface area contributed by atoms with E-state index in [0.29, 0.717) is 24.3 Å². The number of carbonyl (C=O) groups excluding carboxylic acids is 4. The van der Waals surface area contributed by atoms with Crippen molar-refractivity contribution in [3.05, 3.63) is 36.4 Å². The van der Waals surface area contributed by atoms with Crippen LogP contribution in [0.1, 0.15) is 12.8 Å². The quantitative estimate of drug-likeness (QED) is 0.428. The van der Waals surface area contributed by atoms with Crippen molar-refractivity contribution in [2.75, 3.05) is 13.2 Å². The number of hydrogen-bond acceptors (Lipinski definition) is 6. The maximum atomic E-state index is 12.4. The van der Waals surface area contributed by atoms with E-state index in [1.807, 2.05) is 12.2 Å². The minimum absolute atomic E-state index is 0.00181. The van der Waals surface area contributed by atoms with E-state index in [-0.39, 0.29) is 18.4 Å². The Labute approximate surface area is 160 Å². The highest BCUT2D eigenvalue weighted by molar-refractivity contribution is 6.07. The molecule has 0 aromatic heterocycles. The molecule has 146 valence electrons. The highest BCUT2D eigenvalue weighted by atomic mass is 16.6. The number of likely N-dealkylation sites (tertiary alicyclic amines) is 1. The van der Waals surface area contributed by atoms with E-state index in [4.69, 9.17) is 9.47 Å². The van der Waals surface area contributed by atoms with E-state index >= 15 is 0 Å². The fraction of sp³-hybridized carbons (Fsp3) is 0.368. The number of nitrogens with zero attached hydrogens (tertiary/aromatic N) is 1. The average molecular weight is 385 g/mol. The number of carbonyl (C=O) groups is 4. The molecule has 0 radical (unpaired) electrons. The van der Waals surface area contributed by atoms with Crippen molar-refractivity contribution >= 4 is 23.6 Å². The Hall–Kier alpha value is -3.36. The average Bonchev–Trinajstić information content (AvgIpc) is 2.97. The molecule has 0 bridgehead atoms. The molecule has 3 atom stereocenters. The molecule has 2 aliphatic heterocycles. The lowest BCUT2D eigenvalue weighted by Crippen LogP contribution is -2.53. The van der Waals surface area contributed by atoms with Gasteiger partial charge in [0.2, 0.25) is 17.9 Å². The van der Waals surface area contributed by atoms with Gasteiger partial charge in [-0.25, -0.2) is 0 Å². The molecule has 2 N–H and O–H groups in total. The smallest absolute Gasteiger partial charge is 0.283 e. The fourth-order valence-electron chi connectivity index (χ4n) is 3.57. The summed E-state index contributed by atoms with van der Waals surface area (Å²) in [5.74, 6) is -1.77. The van der Waals surface area contributed by atoms with Crippen molar-refractivity contribution in [3.8, 4) is 11.5 Å². The minimum atomic E-state index is -0.931. The van der Waals surface area contributed by atoms with E-state index in [1.54, 1.807) is 24.3 Å². The van der Waals surface area contributed by atoms with E-state index in [0.717, 1.165) is 4.90 Å². The largest absolute Gasteiger partial charge is 0.485 e. The van der Waals surface area contributed by atoms with Crippen LogP contribution in [0.5, 0.6) is 11.5 Å². The number of amides is 4. The summed E-state index contributed by atoms with van der Waals surface area (Å²) in [6.45, 7) is -0.437. The standard InChI is InChI=1S/C19H19N3O6/c23-16(9-22-18(25)11-5-1-2-6-12(11)19(22)26)20-21-17(24)15-10-27-13-7-3-4-8-14(13)28-15/h1-4,7-8,11-12,15H,5-6,9-10H2,(H,20,23)(H,21,24)/t11-,12-,15+/m1/s1. The summed E-state index contributed by atoms with van der Waals surface area (Å²) in [4.78, 5) is 50.0. The monoisotopic (exact) mass is 385 g/mol. The number of hydrazine groups is 1. The zero-order chi connectivity index (χ0) is 19.7. The molecule has 1 aromatic rings. The first-order chi connectivity index (χ1) is 13.5. The first-order valence-corrected chi connectivity index (χ1v) is 9.02. The number of imide groups is 1. The van der Waals surface area contributed by atoms with Crippen LogP contribution in [0.3, 0.4) is 0 Å². The van der Waals surface area contributed by atoms with E-state index in [9.17, 15) is 19.2 Å². The predicted octanol–water partition coefficient (Wildman–Crippen LogP) is -0.0750. The second kappa shape index (κ2) is 7.34. The third-order valence-electron chi connectivity index (χ3n) is 5.03. The molecule has 28 heavy (non-hydrogen) atoms. The summed E-state index contributed by atoms with van der Waals surface area (Å²) in [5.41, 5.74) is 4.46. The molecule has 1 fully saturated rings. The maximum absolute atomic E-state index is 12.4. The molecule has 2 heterocycles. The van der Waals surface area contributed by atoms with Crippen LogP contribution < -0.4 is 20.3 Å². The Morgan fingerprint density at radius 3 is 2.32 bits per heavy atom. The SMILES string of the molecule is O=C(CN1C(=O)[C@@H]2CC=CC[C@H]2C1=O)NNC(=O)[C@@H]1COc2ccccc2O1. The molecule has 4 amide bonds. The van der Waals surface area contributed by atoms with Crippen molar-refractivity contribution in [2.45, 2.75) is 18.9 Å². The lowest BCUT2D eigenvalue weighted by atomic mass is 9.85. The second-order valence-corrected chi connectivity index (χ2v) is 6.82. The second-order valence-electron chi connectivity index (χ2n) is 6.82. The summed E-state index contributed by atoms with van der Waals surface area (Å²) >= 11 is 0. The van der Waals surface area contributed by atoms with E-state index in [2.05, 4.69) is 10.9 Å². The lowest BCUT2D eigenvalue weighted by molar-refractivity contribution is -0.144. The van der Waals surface area contributed by atoms with Gasteiger partial charge in [0.05, 0.1) is 11.8 Å². The maximum Gasteiger partial charge on any atom is 0.283 e. The molecule has 1 aromatic carbocycles. The highest BCUT2D eigenvalue weighted by Crippen LogP contribution is 2.34. The summed E-state index contributed by atoms with van der Waals surface area (Å²) in [5, 5.41) is 0. The van der Waals surface area contributed by atoms with Crippen LogP contribution in [-0.2, 0) is 19.2 Å². The van der Waals surface area contributed by atoms with Gasteiger partial charge in [-0.15, -0.1) is 0 Å². The first-order valence-electron chi connectivity index (χ1n) is 9.02. The van der Waals surface area contributed by atoms with Crippen LogP contribution >= 0.6 is 0 Å². The number of para-hydroxylation sites is 2. The summed E-state index contributed by atoms with van der Waals surface area (Å²) in [7, 11) is 0. The van der Waals surface area contributed by atoms with Gasteiger partial charge in [0.1, 0.15) is 13.2 Å². The summed E-state index contributed by atoms with van der Waals surface area (Å²) in [6, 6.07) is 6.94. The van der Waals surface area contributed by atoms with Gasteiger partial charge in [-0.05, 0) is 25.0 Å². The van der Waals surface area contributed by atoms with Gasteiger partial charge in [-0.1, -0.05) is 24.3 Å². The number of nitrogens with one attached hydrogen (secondary N) is 2. The molecular formula is C19H19N3O6. The molecule has 9 nitrogen and oxygen atoms in total. The molecule has 1 saturated heterocycles. The van der Waals surface area contributed by atoms with Crippen molar-refractivity contribution in [2.24, 2.45) is 11.8 Å². The van der Waals surface area contributed by atoms with Crippen LogP contribution in [-0.4, -0.2) is 47.8 Å². The molecular weight excluding hydrogens is 366 g/mol. The fourth-order valence-corrected chi connectivity index (χ4v) is 3.57. The van der Waals surface area contributed by atoms with Crippen molar-refractivity contribution in [3.63, 3.8) is 0 Å². The van der Waals surface area contributed by atoms with Gasteiger partial charge >= 0.3 is 0 Å². The minimum Gasteiger partial charge on any atom is -0.485 e. The first kappa shape index (κ1) is 18.0. The molecule has 0 saturated carbocycles. The number of hydrogen-bond donors (Lipinski definition) is 2. The number of ether oxygens (including phenoxy) is 2. The molecule has 3 aliphatic rings. The van der Waals surface area contributed by atoms with E-state index in [1.165, 1.54) is 0 Å². The van der Waals surface area contributed by atoms with Gasteiger partial charge in [-0.3, -0.25) is 34.9 Å². The third-order valence-corrected chi connectivity index (χ3v) is 5.03. The van der Waals surface area contributed by atoms with Gasteiger partial charge < -0.3 is 9.47 Å². The van der Waals surface area contributed by atoms with Crippen LogP contribution in [0.2, 0.25) is 0 Å². The van der Waals surface area contributed by atoms with Gasteiger partial charge in [-0.2, -0.15) is 0 Å². The Bertz CT molecular complexity index is 841. The Morgan fingerprint density at radius 1 is 1.00 bits per heavy atom. The van der Waals surface area contributed by atoms with Gasteiger partial charge in [0.15, 0.2) is 11.5 Å². The molecule has 9 heteroatoms. The summed E-state index contributed by atoms with van der Waals surface area (Å²) < 4.78 is 11.0. The molecule has 0 spiro atoms. The molecule has 1 aliphatic carbocycles. The van der Waals surface area contributed by atoms with Gasteiger partial charge in [0, 0.05) is 0 Å². The number of fused-ring (bicyclic) bond motifs is 2. The predicted molar refractivity (Wildman–Crippen MR) is 94.7 cm³/mol. The van der Waals surface area contributed by atoms with Crippen LogP contribution in [0, 0.1) is 11.8 Å². The van der Waals surface area contributed by atoms with Crippen LogP contribution in [0.4, 0.5) is 0 Å². The normalized spacial score (nSPS) is 25.3. The lowest BCUT2D eigenvalue weighted by Gasteiger charge is -2.25. The van der Waals surface area contributed by atoms with Crippen LogP contribution in [0.25, 0.3) is 0 Å². The van der Waals surface area contributed by atoms with Crippen molar-refractivity contribution < 1.29 is 28.7 Å². The molecule has 0 unspecified atom stereocenters. The zero-order valence-corrected chi connectivity index (χ0v) is 14.9. The Kier molecular flexibility index (Phi) is 4.72. The van der Waals surface area contributed by atoms with Crippen molar-refractivity contribution in [1.82, 2.24) is 15.8 Å². The number of benzene rings is 1. The highest BCUT2D eigenvalue weighted by Gasteiger charge is 2.47. The topological polar surface area (TPSA) is 114 Å². The number of allylic oxidation sites excluding steroid dienone is 2. The Balaban J connectivity index is 1.29. The third kappa shape index (κ3) is 3.30. The summed E-state index contributed by atoms with van der Waals surface area (Å²) in [6.07, 6.45) is 3.83. The number of rotatable bonds is 3. The van der Waals surface area contributed by atoms with Crippen LogP contribution in [0.15, 0.2) is 36.4 Å². The van der Waals surface area contributed by atoms with Crippen molar-refractivity contribution in [1.29, 1.82) is 0 Å². The zero-order valence-electron chi connectivity index (χ0n) is 14.9.